The fraction of sp³-hybridized carbons (Fsp3) is 0.412. The number of hydrogen-bond acceptors (Lipinski definition) is 4. The third-order valence-electron chi connectivity index (χ3n) is 3.88. The fourth-order valence-electron chi connectivity index (χ4n) is 2.53. The van der Waals surface area contributed by atoms with Crippen molar-refractivity contribution in [2.45, 2.75) is 39.3 Å². The van der Waals surface area contributed by atoms with Crippen molar-refractivity contribution in [3.05, 3.63) is 35.4 Å². The molecule has 0 unspecified atom stereocenters. The predicted molar refractivity (Wildman–Crippen MR) is 90.6 cm³/mol. The molecule has 0 bridgehead atoms. The van der Waals surface area contributed by atoms with Gasteiger partial charge < -0.3 is 10.6 Å². The molecule has 0 saturated carbocycles. The highest BCUT2D eigenvalue weighted by atomic mass is 16.2. The second-order valence-electron chi connectivity index (χ2n) is 6.49. The van der Waals surface area contributed by atoms with Gasteiger partial charge in [-0.15, -0.1) is 0 Å². The van der Waals surface area contributed by atoms with Crippen LogP contribution in [0.25, 0.3) is 0 Å². The van der Waals surface area contributed by atoms with Crippen LogP contribution in [0.5, 0.6) is 0 Å². The van der Waals surface area contributed by atoms with Crippen molar-refractivity contribution in [3.8, 4) is 0 Å². The molecule has 6 amide bonds. The van der Waals surface area contributed by atoms with Crippen molar-refractivity contribution in [2.75, 3.05) is 6.54 Å². The highest BCUT2D eigenvalue weighted by molar-refractivity contribution is 6.10. The number of aryl methyl sites for hydroxylation is 1. The number of amides is 6. The number of carbonyl (C=O) groups is 4. The van der Waals surface area contributed by atoms with Gasteiger partial charge in [0.1, 0.15) is 12.1 Å². The van der Waals surface area contributed by atoms with Crippen LogP contribution in [0, 0.1) is 6.92 Å². The number of benzene rings is 1. The minimum atomic E-state index is -1.24. The quantitative estimate of drug-likeness (QED) is 0.707. The van der Waals surface area contributed by atoms with Gasteiger partial charge in [0.15, 0.2) is 0 Å². The Bertz CT molecular complexity index is 714. The average molecular weight is 346 g/mol. The molecule has 8 heteroatoms. The minimum Gasteiger partial charge on any atom is -0.336 e. The number of rotatable bonds is 4. The monoisotopic (exact) mass is 346 g/mol. The first-order valence-electron chi connectivity index (χ1n) is 7.95. The van der Waals surface area contributed by atoms with E-state index >= 15 is 0 Å². The van der Waals surface area contributed by atoms with Gasteiger partial charge in [-0.2, -0.15) is 0 Å². The Kier molecular flexibility index (Phi) is 5.10. The molecule has 1 atom stereocenters. The van der Waals surface area contributed by atoms with Gasteiger partial charge in [-0.25, -0.2) is 9.59 Å². The number of imide groups is 2. The lowest BCUT2D eigenvalue weighted by Crippen LogP contribution is -2.48. The Morgan fingerprint density at radius 2 is 1.80 bits per heavy atom. The molecule has 25 heavy (non-hydrogen) atoms. The lowest BCUT2D eigenvalue weighted by atomic mass is 9.91. The predicted octanol–water partition coefficient (Wildman–Crippen LogP) is 0.996. The van der Waals surface area contributed by atoms with Crippen LogP contribution in [0.1, 0.15) is 31.9 Å². The van der Waals surface area contributed by atoms with Crippen LogP contribution >= 0.6 is 0 Å². The van der Waals surface area contributed by atoms with Crippen LogP contribution in [-0.4, -0.2) is 41.4 Å². The Hall–Kier alpha value is -2.90. The first-order valence-corrected chi connectivity index (χ1v) is 7.95. The Labute approximate surface area is 145 Å². The molecule has 8 nitrogen and oxygen atoms in total. The molecule has 1 aromatic carbocycles. The maximum absolute atomic E-state index is 12.7. The third-order valence-corrected chi connectivity index (χ3v) is 3.88. The Morgan fingerprint density at radius 3 is 2.36 bits per heavy atom. The summed E-state index contributed by atoms with van der Waals surface area (Å²) in [6.07, 6.45) is 0. The third kappa shape index (κ3) is 3.96. The molecule has 1 aliphatic heterocycles. The smallest absolute Gasteiger partial charge is 0.325 e. The molecule has 3 N–H and O–H groups in total. The summed E-state index contributed by atoms with van der Waals surface area (Å²) in [7, 11) is 0. The van der Waals surface area contributed by atoms with E-state index in [0.29, 0.717) is 5.56 Å². The van der Waals surface area contributed by atoms with E-state index in [9.17, 15) is 19.2 Å². The van der Waals surface area contributed by atoms with Gasteiger partial charge in [0, 0.05) is 6.04 Å². The molecule has 1 saturated heterocycles. The maximum Gasteiger partial charge on any atom is 0.325 e. The lowest BCUT2D eigenvalue weighted by molar-refractivity contribution is -0.134. The molecule has 0 aromatic heterocycles. The number of carbonyl (C=O) groups excluding carboxylic acids is 4. The van der Waals surface area contributed by atoms with Gasteiger partial charge >= 0.3 is 12.1 Å². The van der Waals surface area contributed by atoms with E-state index in [1.54, 1.807) is 32.9 Å². The normalized spacial score (nSPS) is 19.8. The summed E-state index contributed by atoms with van der Waals surface area (Å²) in [6.45, 7) is 6.46. The molecular weight excluding hydrogens is 324 g/mol. The lowest BCUT2D eigenvalue weighted by Gasteiger charge is -2.22. The van der Waals surface area contributed by atoms with E-state index in [2.05, 4.69) is 16.0 Å². The molecule has 1 aliphatic rings. The first-order chi connectivity index (χ1) is 11.6. The summed E-state index contributed by atoms with van der Waals surface area (Å²) in [6, 6.07) is 5.70. The van der Waals surface area contributed by atoms with Crippen LogP contribution in [0.15, 0.2) is 24.3 Å². The minimum absolute atomic E-state index is 0.144. The van der Waals surface area contributed by atoms with Gasteiger partial charge in [0.05, 0.1) is 0 Å². The second-order valence-corrected chi connectivity index (χ2v) is 6.49. The fourth-order valence-corrected chi connectivity index (χ4v) is 2.53. The summed E-state index contributed by atoms with van der Waals surface area (Å²) >= 11 is 0. The summed E-state index contributed by atoms with van der Waals surface area (Å²) < 4.78 is 0. The molecular formula is C17H22N4O4. The summed E-state index contributed by atoms with van der Waals surface area (Å²) in [4.78, 5) is 49.1. The van der Waals surface area contributed by atoms with E-state index in [1.807, 2.05) is 19.1 Å². The number of urea groups is 2. The highest BCUT2D eigenvalue weighted by Gasteiger charge is 2.49. The zero-order chi connectivity index (χ0) is 18.8. The average Bonchev–Trinajstić information content (AvgIpc) is 2.71. The van der Waals surface area contributed by atoms with Gasteiger partial charge in [-0.3, -0.25) is 19.8 Å². The first kappa shape index (κ1) is 18.4. The topological polar surface area (TPSA) is 108 Å². The van der Waals surface area contributed by atoms with E-state index in [4.69, 9.17) is 0 Å². The molecule has 1 fully saturated rings. The zero-order valence-electron chi connectivity index (χ0n) is 14.7. The molecule has 0 radical (unpaired) electrons. The SMILES string of the molecule is Cc1ccc([C@@]2(C)NC(=O)N(CC(=O)NC(=O)NC(C)C)C2=O)cc1. The van der Waals surface area contributed by atoms with Gasteiger partial charge in [-0.1, -0.05) is 29.8 Å². The standard InChI is InChI=1S/C17H22N4O4/c1-10(2)18-15(24)19-13(22)9-21-14(23)17(4,20-16(21)25)12-7-5-11(3)6-8-12/h5-8,10H,9H2,1-4H3,(H,20,25)(H2,18,19,22,24)/t17-/m1/s1. The van der Waals surface area contributed by atoms with Gasteiger partial charge in [0.2, 0.25) is 5.91 Å². The number of nitrogens with zero attached hydrogens (tertiary/aromatic N) is 1. The van der Waals surface area contributed by atoms with Crippen LogP contribution in [0.3, 0.4) is 0 Å². The Morgan fingerprint density at radius 1 is 1.20 bits per heavy atom. The van der Waals surface area contributed by atoms with Crippen molar-refractivity contribution in [1.82, 2.24) is 20.9 Å². The van der Waals surface area contributed by atoms with Crippen molar-refractivity contribution in [3.63, 3.8) is 0 Å². The summed E-state index contributed by atoms with van der Waals surface area (Å²) in [5, 5.41) is 7.20. The summed E-state index contributed by atoms with van der Waals surface area (Å²) in [5.74, 6) is -1.28. The molecule has 134 valence electrons. The van der Waals surface area contributed by atoms with Crippen molar-refractivity contribution >= 4 is 23.9 Å². The van der Waals surface area contributed by atoms with Crippen molar-refractivity contribution < 1.29 is 19.2 Å². The van der Waals surface area contributed by atoms with E-state index in [0.717, 1.165) is 10.5 Å². The van der Waals surface area contributed by atoms with E-state index in [-0.39, 0.29) is 6.04 Å². The van der Waals surface area contributed by atoms with Gasteiger partial charge in [-0.05, 0) is 33.3 Å². The van der Waals surface area contributed by atoms with Crippen molar-refractivity contribution in [1.29, 1.82) is 0 Å². The largest absolute Gasteiger partial charge is 0.336 e. The van der Waals surface area contributed by atoms with E-state index in [1.165, 1.54) is 0 Å². The zero-order valence-corrected chi connectivity index (χ0v) is 14.7. The van der Waals surface area contributed by atoms with Crippen LogP contribution in [0.2, 0.25) is 0 Å². The molecule has 1 aromatic rings. The van der Waals surface area contributed by atoms with E-state index < -0.39 is 36.0 Å². The number of hydrogen-bond donors (Lipinski definition) is 3. The molecule has 1 heterocycles. The molecule has 2 rings (SSSR count). The van der Waals surface area contributed by atoms with Crippen LogP contribution < -0.4 is 16.0 Å². The molecule has 0 spiro atoms. The highest BCUT2D eigenvalue weighted by Crippen LogP contribution is 2.28. The molecule has 0 aliphatic carbocycles. The number of nitrogens with one attached hydrogen (secondary N) is 3. The van der Waals surface area contributed by atoms with Gasteiger partial charge in [0.25, 0.3) is 5.91 Å². The second kappa shape index (κ2) is 6.92. The van der Waals surface area contributed by atoms with Crippen LogP contribution in [-0.2, 0) is 15.1 Å². The maximum atomic E-state index is 12.7. The Balaban J connectivity index is 2.09. The van der Waals surface area contributed by atoms with Crippen LogP contribution in [0.4, 0.5) is 9.59 Å². The van der Waals surface area contributed by atoms with Crippen molar-refractivity contribution in [2.24, 2.45) is 0 Å². The summed E-state index contributed by atoms with van der Waals surface area (Å²) in [5.41, 5.74) is 0.402.